The molecule has 0 aromatic rings. The van der Waals surface area contributed by atoms with Crippen LogP contribution in [0.2, 0.25) is 0 Å². The zero-order valence-corrected chi connectivity index (χ0v) is 11.1. The quantitative estimate of drug-likeness (QED) is 0.652. The molecule has 0 unspecified atom stereocenters. The maximum atomic E-state index is 11.5. The second kappa shape index (κ2) is 5.67. The van der Waals surface area contributed by atoms with Gasteiger partial charge in [-0.25, -0.2) is 0 Å². The minimum atomic E-state index is -0.400. The molecule has 94 valence electrons. The predicted molar refractivity (Wildman–Crippen MR) is 65.3 cm³/mol. The van der Waals surface area contributed by atoms with Crippen molar-refractivity contribution < 1.29 is 9.53 Å². The zero-order valence-electron chi connectivity index (χ0n) is 11.1. The van der Waals surface area contributed by atoms with Gasteiger partial charge in [0.25, 0.3) is 0 Å². The van der Waals surface area contributed by atoms with E-state index >= 15 is 0 Å². The van der Waals surface area contributed by atoms with Gasteiger partial charge >= 0.3 is 5.97 Å². The Morgan fingerprint density at radius 3 is 2.50 bits per heavy atom. The molecule has 3 nitrogen and oxygen atoms in total. The van der Waals surface area contributed by atoms with Crippen LogP contribution < -0.4 is 0 Å². The first kappa shape index (κ1) is 13.5. The average Bonchev–Trinajstić information content (AvgIpc) is 2.13. The molecule has 0 spiro atoms. The van der Waals surface area contributed by atoms with Gasteiger partial charge in [0.15, 0.2) is 0 Å². The molecule has 16 heavy (non-hydrogen) atoms. The highest BCUT2D eigenvalue weighted by molar-refractivity contribution is 5.76. The highest BCUT2D eigenvalue weighted by Crippen LogP contribution is 2.29. The van der Waals surface area contributed by atoms with Crippen LogP contribution >= 0.6 is 0 Å². The van der Waals surface area contributed by atoms with E-state index in [2.05, 4.69) is 11.9 Å². The summed E-state index contributed by atoms with van der Waals surface area (Å²) in [6.45, 7) is 5.74. The van der Waals surface area contributed by atoms with Crippen LogP contribution in [0, 0.1) is 11.3 Å². The molecular weight excluding hydrogens is 202 g/mol. The number of ether oxygens (including phenoxy) is 1. The summed E-state index contributed by atoms with van der Waals surface area (Å²) in [6, 6.07) is 0. The number of esters is 1. The van der Waals surface area contributed by atoms with Crippen molar-refractivity contribution in [2.24, 2.45) is 11.3 Å². The van der Waals surface area contributed by atoms with Gasteiger partial charge in [-0.1, -0.05) is 19.3 Å². The lowest BCUT2D eigenvalue weighted by atomic mass is 9.83. The Hall–Kier alpha value is -0.570. The summed E-state index contributed by atoms with van der Waals surface area (Å²) in [5, 5.41) is 0. The fourth-order valence-electron chi connectivity index (χ4n) is 2.28. The first-order valence-electron chi connectivity index (χ1n) is 6.22. The molecule has 0 aromatic heterocycles. The van der Waals surface area contributed by atoms with Crippen molar-refractivity contribution >= 4 is 5.97 Å². The number of carbonyl (C=O) groups excluding carboxylic acids is 1. The van der Waals surface area contributed by atoms with Gasteiger partial charge in [0.1, 0.15) is 0 Å². The normalized spacial score (nSPS) is 17.3. The van der Waals surface area contributed by atoms with E-state index in [0.717, 1.165) is 19.0 Å². The third-order valence-electron chi connectivity index (χ3n) is 3.55. The molecule has 0 saturated heterocycles. The summed E-state index contributed by atoms with van der Waals surface area (Å²) in [7, 11) is 3.54. The van der Waals surface area contributed by atoms with E-state index in [1.807, 2.05) is 13.8 Å². The lowest BCUT2D eigenvalue weighted by molar-refractivity contribution is -0.151. The highest BCUT2D eigenvalue weighted by Gasteiger charge is 2.30. The van der Waals surface area contributed by atoms with E-state index in [0.29, 0.717) is 0 Å². The standard InChI is InChI=1S/C13H25NO2/c1-13(2,12(15)16-4)10-14(3)9-8-11-6-5-7-11/h11H,5-10H2,1-4H3. The van der Waals surface area contributed by atoms with Gasteiger partial charge in [-0.05, 0) is 39.8 Å². The summed E-state index contributed by atoms with van der Waals surface area (Å²) < 4.78 is 4.81. The maximum Gasteiger partial charge on any atom is 0.312 e. The molecule has 0 atom stereocenters. The SMILES string of the molecule is COC(=O)C(C)(C)CN(C)CCC1CCC1. The van der Waals surface area contributed by atoms with Crippen LogP contribution in [0.5, 0.6) is 0 Å². The number of methoxy groups -OCH3 is 1. The Morgan fingerprint density at radius 2 is 2.06 bits per heavy atom. The Morgan fingerprint density at radius 1 is 1.44 bits per heavy atom. The van der Waals surface area contributed by atoms with Crippen LogP contribution in [-0.4, -0.2) is 38.1 Å². The molecule has 0 N–H and O–H groups in total. The van der Waals surface area contributed by atoms with Gasteiger partial charge in [-0.15, -0.1) is 0 Å². The fraction of sp³-hybridized carbons (Fsp3) is 0.923. The van der Waals surface area contributed by atoms with Crippen molar-refractivity contribution in [1.29, 1.82) is 0 Å². The van der Waals surface area contributed by atoms with Gasteiger partial charge in [0.05, 0.1) is 12.5 Å². The lowest BCUT2D eigenvalue weighted by Crippen LogP contribution is -2.39. The molecule has 1 rings (SSSR count). The van der Waals surface area contributed by atoms with Gasteiger partial charge < -0.3 is 9.64 Å². The smallest absolute Gasteiger partial charge is 0.312 e. The fourth-order valence-corrected chi connectivity index (χ4v) is 2.28. The van der Waals surface area contributed by atoms with E-state index in [1.165, 1.54) is 32.8 Å². The van der Waals surface area contributed by atoms with Crippen LogP contribution in [0.15, 0.2) is 0 Å². The third kappa shape index (κ3) is 3.78. The zero-order chi connectivity index (χ0) is 12.2. The average molecular weight is 227 g/mol. The first-order valence-corrected chi connectivity index (χ1v) is 6.22. The number of hydrogen-bond acceptors (Lipinski definition) is 3. The molecule has 0 aliphatic heterocycles. The second-order valence-corrected chi connectivity index (χ2v) is 5.70. The Bertz CT molecular complexity index is 234. The largest absolute Gasteiger partial charge is 0.469 e. The van der Waals surface area contributed by atoms with Crippen LogP contribution in [0.4, 0.5) is 0 Å². The number of carbonyl (C=O) groups is 1. The molecule has 0 bridgehead atoms. The minimum Gasteiger partial charge on any atom is -0.469 e. The first-order chi connectivity index (χ1) is 7.45. The van der Waals surface area contributed by atoms with Crippen molar-refractivity contribution in [2.45, 2.75) is 39.5 Å². The molecular formula is C13H25NO2. The van der Waals surface area contributed by atoms with Crippen molar-refractivity contribution in [2.75, 3.05) is 27.2 Å². The third-order valence-corrected chi connectivity index (χ3v) is 3.55. The van der Waals surface area contributed by atoms with E-state index < -0.39 is 5.41 Å². The van der Waals surface area contributed by atoms with Crippen molar-refractivity contribution in [1.82, 2.24) is 4.90 Å². The minimum absolute atomic E-state index is 0.122. The van der Waals surface area contributed by atoms with E-state index in [9.17, 15) is 4.79 Å². The summed E-state index contributed by atoms with van der Waals surface area (Å²) in [5.41, 5.74) is -0.400. The van der Waals surface area contributed by atoms with Gasteiger partial charge in [-0.3, -0.25) is 4.79 Å². The number of hydrogen-bond donors (Lipinski definition) is 0. The van der Waals surface area contributed by atoms with Crippen molar-refractivity contribution in [3.05, 3.63) is 0 Å². The number of nitrogens with zero attached hydrogens (tertiary/aromatic N) is 1. The molecule has 0 aromatic carbocycles. The second-order valence-electron chi connectivity index (χ2n) is 5.70. The number of rotatable bonds is 6. The van der Waals surface area contributed by atoms with Crippen LogP contribution in [0.1, 0.15) is 39.5 Å². The highest BCUT2D eigenvalue weighted by atomic mass is 16.5. The van der Waals surface area contributed by atoms with E-state index in [4.69, 9.17) is 4.74 Å². The summed E-state index contributed by atoms with van der Waals surface area (Å²) in [4.78, 5) is 13.8. The molecule has 1 aliphatic carbocycles. The Labute approximate surface area is 99.1 Å². The van der Waals surface area contributed by atoms with Gasteiger partial charge in [-0.2, -0.15) is 0 Å². The van der Waals surface area contributed by atoms with Crippen molar-refractivity contribution in [3.8, 4) is 0 Å². The van der Waals surface area contributed by atoms with Crippen LogP contribution in [0.3, 0.4) is 0 Å². The molecule has 3 heteroatoms. The Balaban J connectivity index is 2.25. The molecule has 0 amide bonds. The summed E-state index contributed by atoms with van der Waals surface area (Å²) in [5.74, 6) is 0.812. The van der Waals surface area contributed by atoms with E-state index in [-0.39, 0.29) is 5.97 Å². The Kier molecular flexibility index (Phi) is 4.78. The lowest BCUT2D eigenvalue weighted by Gasteiger charge is -2.31. The monoisotopic (exact) mass is 227 g/mol. The summed E-state index contributed by atoms with van der Waals surface area (Å²) in [6.07, 6.45) is 5.47. The maximum absolute atomic E-state index is 11.5. The molecule has 0 radical (unpaired) electrons. The van der Waals surface area contributed by atoms with Crippen molar-refractivity contribution in [3.63, 3.8) is 0 Å². The molecule has 1 aliphatic rings. The van der Waals surface area contributed by atoms with Gasteiger partial charge in [0.2, 0.25) is 0 Å². The predicted octanol–water partition coefficient (Wildman–Crippen LogP) is 2.31. The summed E-state index contributed by atoms with van der Waals surface area (Å²) >= 11 is 0. The molecule has 1 saturated carbocycles. The van der Waals surface area contributed by atoms with Gasteiger partial charge in [0, 0.05) is 6.54 Å². The van der Waals surface area contributed by atoms with E-state index in [1.54, 1.807) is 0 Å². The molecule has 1 fully saturated rings. The van der Waals surface area contributed by atoms with Crippen LogP contribution in [-0.2, 0) is 9.53 Å². The topological polar surface area (TPSA) is 29.5 Å². The molecule has 0 heterocycles. The van der Waals surface area contributed by atoms with Crippen LogP contribution in [0.25, 0.3) is 0 Å².